The second-order valence-electron chi connectivity index (χ2n) is 7.98. The molecular formula is C23H24Cl5N5O4S. The van der Waals surface area contributed by atoms with E-state index >= 15 is 0 Å². The van der Waals surface area contributed by atoms with Gasteiger partial charge in [-0.3, -0.25) is 9.62 Å². The molecule has 2 heterocycles. The number of carboxylic acids is 1. The van der Waals surface area contributed by atoms with Crippen molar-refractivity contribution in [3.8, 4) is 6.07 Å². The lowest BCUT2D eigenvalue weighted by Crippen LogP contribution is -2.46. The van der Waals surface area contributed by atoms with Gasteiger partial charge in [0.2, 0.25) is 0 Å². The number of aromatic carboxylic acids is 1. The van der Waals surface area contributed by atoms with E-state index < -0.39 is 16.0 Å². The van der Waals surface area contributed by atoms with Gasteiger partial charge < -0.3 is 10.0 Å². The Hall–Kier alpha value is -2.23. The molecule has 2 N–H and O–H groups in total. The van der Waals surface area contributed by atoms with Crippen LogP contribution in [0, 0.1) is 11.3 Å². The van der Waals surface area contributed by atoms with Gasteiger partial charge in [-0.05, 0) is 42.5 Å². The van der Waals surface area contributed by atoms with E-state index in [1.54, 1.807) is 6.07 Å². The number of nitrogens with zero attached hydrogens (tertiary/aromatic N) is 4. The highest BCUT2D eigenvalue weighted by Gasteiger charge is 2.22. The van der Waals surface area contributed by atoms with Gasteiger partial charge in [0, 0.05) is 50.2 Å². The fourth-order valence-electron chi connectivity index (χ4n) is 3.88. The van der Waals surface area contributed by atoms with Crippen LogP contribution >= 0.6 is 60.4 Å². The molecule has 1 saturated heterocycles. The van der Waals surface area contributed by atoms with Crippen LogP contribution in [-0.4, -0.2) is 62.1 Å². The molecule has 0 bridgehead atoms. The van der Waals surface area contributed by atoms with Gasteiger partial charge in [0.15, 0.2) is 0 Å². The lowest BCUT2D eigenvalue weighted by atomic mass is 10.1. The van der Waals surface area contributed by atoms with E-state index in [4.69, 9.17) is 28.5 Å². The summed E-state index contributed by atoms with van der Waals surface area (Å²) in [6.07, 6.45) is 0.467. The molecule has 0 saturated carbocycles. The van der Waals surface area contributed by atoms with Crippen molar-refractivity contribution >= 4 is 98.8 Å². The Labute approximate surface area is 249 Å². The summed E-state index contributed by atoms with van der Waals surface area (Å²) < 4.78 is 28.0. The summed E-state index contributed by atoms with van der Waals surface area (Å²) in [5.74, 6) is -0.602. The van der Waals surface area contributed by atoms with Crippen molar-refractivity contribution < 1.29 is 18.3 Å². The molecule has 1 fully saturated rings. The van der Waals surface area contributed by atoms with Crippen molar-refractivity contribution in [2.75, 3.05) is 42.3 Å². The predicted octanol–water partition coefficient (Wildman–Crippen LogP) is 5.34. The number of pyridine rings is 1. The van der Waals surface area contributed by atoms with Gasteiger partial charge in [-0.2, -0.15) is 5.26 Å². The predicted molar refractivity (Wildman–Crippen MR) is 157 cm³/mol. The van der Waals surface area contributed by atoms with Crippen LogP contribution < -0.4 is 9.62 Å². The number of rotatable bonds is 7. The molecule has 0 amide bonds. The molecule has 1 aromatic heterocycles. The van der Waals surface area contributed by atoms with Gasteiger partial charge in [0.25, 0.3) is 10.0 Å². The SMILES string of the molecule is Cl.Cl.Cl.N#CCCN1CCN(c2cc(C(=O)O)c3cc(NS(=O)(=O)c4ccc(Cl)c(Cl)c4)ccc3n2)CC1. The molecule has 206 valence electrons. The number of anilines is 2. The van der Waals surface area contributed by atoms with E-state index in [0.29, 0.717) is 42.8 Å². The number of halogens is 5. The molecule has 4 rings (SSSR count). The maximum atomic E-state index is 12.8. The lowest BCUT2D eigenvalue weighted by Gasteiger charge is -2.35. The Balaban J connectivity index is 0.00000241. The number of carbonyl (C=O) groups is 1. The Morgan fingerprint density at radius 3 is 2.32 bits per heavy atom. The zero-order valence-corrected chi connectivity index (χ0v) is 24.4. The molecular weight excluding hydrogens is 620 g/mol. The van der Waals surface area contributed by atoms with Gasteiger partial charge in [-0.15, -0.1) is 37.2 Å². The zero-order chi connectivity index (χ0) is 25.2. The van der Waals surface area contributed by atoms with Crippen LogP contribution in [0.25, 0.3) is 10.9 Å². The summed E-state index contributed by atoms with van der Waals surface area (Å²) in [6, 6.07) is 12.2. The first kappa shape index (κ1) is 33.8. The monoisotopic (exact) mass is 641 g/mol. The van der Waals surface area contributed by atoms with Gasteiger partial charge in [-0.1, -0.05) is 23.2 Å². The number of hydrogen-bond donors (Lipinski definition) is 2. The van der Waals surface area contributed by atoms with Crippen molar-refractivity contribution in [1.82, 2.24) is 9.88 Å². The van der Waals surface area contributed by atoms with Gasteiger partial charge in [0.05, 0.1) is 32.1 Å². The summed E-state index contributed by atoms with van der Waals surface area (Å²) in [7, 11) is -3.99. The largest absolute Gasteiger partial charge is 0.478 e. The summed E-state index contributed by atoms with van der Waals surface area (Å²) in [5.41, 5.74) is 0.642. The Bertz CT molecular complexity index is 1440. The molecule has 0 spiro atoms. The number of nitrogens with one attached hydrogen (secondary N) is 1. The molecule has 2 aromatic carbocycles. The second-order valence-corrected chi connectivity index (χ2v) is 10.5. The smallest absolute Gasteiger partial charge is 0.336 e. The molecule has 38 heavy (non-hydrogen) atoms. The number of sulfonamides is 1. The van der Waals surface area contributed by atoms with Crippen LogP contribution in [0.2, 0.25) is 10.0 Å². The molecule has 0 unspecified atom stereocenters. The van der Waals surface area contributed by atoms with Crippen LogP contribution in [0.5, 0.6) is 0 Å². The third kappa shape index (κ3) is 7.67. The lowest BCUT2D eigenvalue weighted by molar-refractivity contribution is 0.0699. The van der Waals surface area contributed by atoms with Gasteiger partial charge in [0.1, 0.15) is 5.82 Å². The summed E-state index contributed by atoms with van der Waals surface area (Å²) in [6.45, 7) is 3.52. The number of piperazine rings is 1. The fourth-order valence-corrected chi connectivity index (χ4v) is 5.32. The number of carboxylic acid groups (broad SMARTS) is 1. The molecule has 15 heteroatoms. The average Bonchev–Trinajstić information content (AvgIpc) is 2.83. The molecule has 9 nitrogen and oxygen atoms in total. The van der Waals surface area contributed by atoms with Crippen LogP contribution in [0.15, 0.2) is 47.4 Å². The molecule has 0 atom stereocenters. The van der Waals surface area contributed by atoms with E-state index in [0.717, 1.165) is 13.1 Å². The maximum Gasteiger partial charge on any atom is 0.336 e. The van der Waals surface area contributed by atoms with E-state index in [1.807, 2.05) is 4.90 Å². The molecule has 1 aliphatic rings. The summed E-state index contributed by atoms with van der Waals surface area (Å²) >= 11 is 11.8. The Morgan fingerprint density at radius 2 is 1.71 bits per heavy atom. The maximum absolute atomic E-state index is 12.8. The van der Waals surface area contributed by atoms with E-state index in [2.05, 4.69) is 20.7 Å². The van der Waals surface area contributed by atoms with Crippen LogP contribution in [0.1, 0.15) is 16.8 Å². The Kier molecular flexibility index (Phi) is 12.7. The number of hydrogen-bond acceptors (Lipinski definition) is 7. The van der Waals surface area contributed by atoms with Crippen LogP contribution in [-0.2, 0) is 10.0 Å². The molecule has 1 aliphatic heterocycles. The highest BCUT2D eigenvalue weighted by molar-refractivity contribution is 7.92. The number of fused-ring (bicyclic) bond motifs is 1. The minimum atomic E-state index is -3.99. The number of nitriles is 1. The Morgan fingerprint density at radius 1 is 1.03 bits per heavy atom. The van der Waals surface area contributed by atoms with E-state index in [9.17, 15) is 18.3 Å². The average molecular weight is 644 g/mol. The van der Waals surface area contributed by atoms with Crippen molar-refractivity contribution in [2.24, 2.45) is 0 Å². The van der Waals surface area contributed by atoms with Crippen molar-refractivity contribution in [3.63, 3.8) is 0 Å². The normalized spacial score (nSPS) is 13.4. The standard InChI is InChI=1S/C23H21Cl2N5O4S.3ClH/c24-19-4-3-16(13-20(19)25)35(33,34)28-15-2-5-21-17(12-15)18(23(31)32)14-22(27-21)30-10-8-29(9-11-30)7-1-6-26;;;/h2-5,12-14,28H,1,7-11H2,(H,31,32);3*1H. The highest BCUT2D eigenvalue weighted by atomic mass is 35.5. The van der Waals surface area contributed by atoms with Gasteiger partial charge in [-0.25, -0.2) is 18.2 Å². The van der Waals surface area contributed by atoms with Crippen molar-refractivity contribution in [3.05, 3.63) is 58.1 Å². The van der Waals surface area contributed by atoms with Crippen LogP contribution in [0.3, 0.4) is 0 Å². The van der Waals surface area contributed by atoms with Crippen molar-refractivity contribution in [1.29, 1.82) is 5.26 Å². The molecule has 3 aromatic rings. The minimum absolute atomic E-state index is 0. The minimum Gasteiger partial charge on any atom is -0.478 e. The van der Waals surface area contributed by atoms with Gasteiger partial charge >= 0.3 is 5.97 Å². The topological polar surface area (TPSA) is 127 Å². The summed E-state index contributed by atoms with van der Waals surface area (Å²) in [5, 5.41) is 19.3. The first-order valence-corrected chi connectivity index (χ1v) is 12.9. The number of benzene rings is 2. The van der Waals surface area contributed by atoms with Crippen LogP contribution in [0.4, 0.5) is 11.5 Å². The fraction of sp³-hybridized carbons (Fsp3) is 0.261. The second kappa shape index (κ2) is 14.2. The first-order chi connectivity index (χ1) is 16.7. The molecule has 0 aliphatic carbocycles. The van der Waals surface area contributed by atoms with Crippen molar-refractivity contribution in [2.45, 2.75) is 11.3 Å². The third-order valence-corrected chi connectivity index (χ3v) is 7.83. The zero-order valence-electron chi connectivity index (χ0n) is 19.6. The van der Waals surface area contributed by atoms with E-state index in [1.165, 1.54) is 36.4 Å². The first-order valence-electron chi connectivity index (χ1n) is 10.7. The molecule has 0 radical (unpaired) electrons. The highest BCUT2D eigenvalue weighted by Crippen LogP contribution is 2.29. The quantitative estimate of drug-likeness (QED) is 0.353. The number of aromatic nitrogens is 1. The summed E-state index contributed by atoms with van der Waals surface area (Å²) in [4.78, 5) is 20.8. The third-order valence-electron chi connectivity index (χ3n) is 5.72. The van der Waals surface area contributed by atoms with E-state index in [-0.39, 0.29) is 63.4 Å².